The number of halogens is 2. The van der Waals surface area contributed by atoms with Crippen LogP contribution in [0.3, 0.4) is 0 Å². The van der Waals surface area contributed by atoms with Crippen LogP contribution in [0, 0.1) is 17.1 Å². The quantitative estimate of drug-likeness (QED) is 0.616. The number of amides is 3. The zero-order valence-corrected chi connectivity index (χ0v) is 20.6. The third-order valence-electron chi connectivity index (χ3n) is 7.80. The van der Waals surface area contributed by atoms with Gasteiger partial charge in [-0.3, -0.25) is 9.69 Å². The van der Waals surface area contributed by atoms with Crippen molar-refractivity contribution in [1.29, 1.82) is 5.26 Å². The number of nitrogens with zero attached hydrogens (tertiary/aromatic N) is 3. The molecule has 7 nitrogen and oxygen atoms in total. The van der Waals surface area contributed by atoms with Gasteiger partial charge in [-0.2, -0.15) is 5.26 Å². The topological polar surface area (TPSA) is 85.7 Å². The lowest BCUT2D eigenvalue weighted by Gasteiger charge is -2.37. The number of rotatable bonds is 5. The van der Waals surface area contributed by atoms with Gasteiger partial charge in [0, 0.05) is 31.6 Å². The minimum absolute atomic E-state index is 0.177. The van der Waals surface area contributed by atoms with Crippen molar-refractivity contribution in [3.63, 3.8) is 0 Å². The number of alkyl halides is 1. The fourth-order valence-electron chi connectivity index (χ4n) is 5.79. The molecule has 0 radical (unpaired) electrons. The number of carbonyl (C=O) groups excluding carboxylic acids is 2. The van der Waals surface area contributed by atoms with Crippen LogP contribution in [0.4, 0.5) is 13.6 Å². The molecule has 0 aliphatic carbocycles. The molecule has 2 aromatic carbocycles. The average Bonchev–Trinajstić information content (AvgIpc) is 3.12. The second-order valence-electron chi connectivity index (χ2n) is 10.2. The smallest absolute Gasteiger partial charge is 0.325 e. The Kier molecular flexibility index (Phi) is 6.86. The number of nitriles is 1. The molecule has 2 fully saturated rings. The second kappa shape index (κ2) is 10.1. The number of nitrogens with one attached hydrogen (secondary N) is 1. The zero-order valence-electron chi connectivity index (χ0n) is 20.6. The standard InChI is InChI=1S/C28H30F2N4O3/c29-22-7-8-24-21(17-22)18-28(9-3-16-37-24)25(35)34(26(36)32-28)13-4-12-33-14-10-27(30,11-15-33)23-6-2-1-5-20(23)19-31/h1-2,5-8,17H,3-4,9-16,18H2,(H,32,36). The molecule has 1 N–H and O–H groups in total. The summed E-state index contributed by atoms with van der Waals surface area (Å²) in [5, 5.41) is 12.2. The van der Waals surface area contributed by atoms with Gasteiger partial charge < -0.3 is 15.0 Å². The Morgan fingerprint density at radius 2 is 1.86 bits per heavy atom. The first-order valence-corrected chi connectivity index (χ1v) is 12.8. The molecule has 1 spiro atoms. The van der Waals surface area contributed by atoms with Crippen LogP contribution in [-0.4, -0.2) is 60.1 Å². The molecule has 37 heavy (non-hydrogen) atoms. The van der Waals surface area contributed by atoms with Gasteiger partial charge >= 0.3 is 6.03 Å². The van der Waals surface area contributed by atoms with E-state index in [0.717, 1.165) is 0 Å². The number of hydrogen-bond donors (Lipinski definition) is 1. The number of piperidine rings is 1. The monoisotopic (exact) mass is 508 g/mol. The maximum Gasteiger partial charge on any atom is 0.325 e. The summed E-state index contributed by atoms with van der Waals surface area (Å²) in [5.74, 6) is -0.168. The average molecular weight is 509 g/mol. The van der Waals surface area contributed by atoms with E-state index < -0.39 is 23.1 Å². The van der Waals surface area contributed by atoms with Gasteiger partial charge in [0.15, 0.2) is 0 Å². The number of benzene rings is 2. The van der Waals surface area contributed by atoms with Crippen molar-refractivity contribution in [3.05, 3.63) is 65.0 Å². The van der Waals surface area contributed by atoms with E-state index in [1.807, 2.05) is 0 Å². The predicted octanol–water partition coefficient (Wildman–Crippen LogP) is 4.05. The van der Waals surface area contributed by atoms with Crippen LogP contribution in [-0.2, 0) is 16.9 Å². The first kappa shape index (κ1) is 25.2. The number of hydrogen-bond acceptors (Lipinski definition) is 5. The van der Waals surface area contributed by atoms with Crippen LogP contribution in [0.5, 0.6) is 5.75 Å². The number of likely N-dealkylation sites (tertiary alicyclic amines) is 1. The number of ether oxygens (including phenoxy) is 1. The molecule has 2 aromatic rings. The van der Waals surface area contributed by atoms with Gasteiger partial charge in [0.05, 0.1) is 18.2 Å². The van der Waals surface area contributed by atoms with Gasteiger partial charge in [0.1, 0.15) is 22.8 Å². The van der Waals surface area contributed by atoms with Crippen molar-refractivity contribution in [3.8, 4) is 11.8 Å². The fourth-order valence-corrected chi connectivity index (χ4v) is 5.79. The van der Waals surface area contributed by atoms with Gasteiger partial charge in [0.25, 0.3) is 5.91 Å². The molecule has 5 rings (SSSR count). The first-order chi connectivity index (χ1) is 17.8. The number of imide groups is 1. The molecular formula is C28H30F2N4O3. The maximum absolute atomic E-state index is 15.7. The van der Waals surface area contributed by atoms with E-state index in [1.165, 1.54) is 17.0 Å². The highest BCUT2D eigenvalue weighted by Gasteiger charge is 2.51. The predicted molar refractivity (Wildman–Crippen MR) is 132 cm³/mol. The summed E-state index contributed by atoms with van der Waals surface area (Å²) < 4.78 is 35.3. The van der Waals surface area contributed by atoms with Crippen molar-refractivity contribution in [2.45, 2.75) is 49.7 Å². The summed E-state index contributed by atoms with van der Waals surface area (Å²) in [7, 11) is 0. The van der Waals surface area contributed by atoms with Crippen LogP contribution in [0.25, 0.3) is 0 Å². The number of fused-ring (bicyclic) bond motifs is 1. The molecule has 2 saturated heterocycles. The van der Waals surface area contributed by atoms with E-state index >= 15 is 4.39 Å². The first-order valence-electron chi connectivity index (χ1n) is 12.8. The molecule has 3 aliphatic rings. The van der Waals surface area contributed by atoms with Gasteiger partial charge in [-0.25, -0.2) is 13.6 Å². The molecule has 3 aliphatic heterocycles. The van der Waals surface area contributed by atoms with Crippen LogP contribution >= 0.6 is 0 Å². The second-order valence-corrected chi connectivity index (χ2v) is 10.2. The molecule has 3 amide bonds. The lowest BCUT2D eigenvalue weighted by Crippen LogP contribution is -2.50. The van der Waals surface area contributed by atoms with E-state index in [1.54, 1.807) is 30.3 Å². The van der Waals surface area contributed by atoms with Crippen molar-refractivity contribution < 1.29 is 23.1 Å². The van der Waals surface area contributed by atoms with Gasteiger partial charge in [0.2, 0.25) is 0 Å². The SMILES string of the molecule is N#Cc1ccccc1C1(F)CCN(CCCN2C(=O)NC3(CCCOc4ccc(F)cc4C3)C2=O)CC1. The molecule has 0 bridgehead atoms. The lowest BCUT2D eigenvalue weighted by atomic mass is 9.83. The highest BCUT2D eigenvalue weighted by Crippen LogP contribution is 2.39. The van der Waals surface area contributed by atoms with Crippen molar-refractivity contribution in [1.82, 2.24) is 15.1 Å². The summed E-state index contributed by atoms with van der Waals surface area (Å²) in [5.41, 5.74) is -1.24. The molecule has 194 valence electrons. The Morgan fingerprint density at radius 1 is 1.08 bits per heavy atom. The third-order valence-corrected chi connectivity index (χ3v) is 7.80. The molecular weight excluding hydrogens is 478 g/mol. The van der Waals surface area contributed by atoms with E-state index in [4.69, 9.17) is 4.74 Å². The molecule has 1 atom stereocenters. The maximum atomic E-state index is 15.7. The molecule has 1 unspecified atom stereocenters. The minimum atomic E-state index is -1.53. The van der Waals surface area contributed by atoms with Crippen LogP contribution < -0.4 is 10.1 Å². The minimum Gasteiger partial charge on any atom is -0.493 e. The van der Waals surface area contributed by atoms with Crippen LogP contribution in [0.15, 0.2) is 42.5 Å². The van der Waals surface area contributed by atoms with Gasteiger partial charge in [-0.05, 0) is 68.5 Å². The Morgan fingerprint density at radius 3 is 2.65 bits per heavy atom. The Bertz CT molecular complexity index is 1240. The fraction of sp³-hybridized carbons (Fsp3) is 0.464. The Balaban J connectivity index is 1.18. The summed E-state index contributed by atoms with van der Waals surface area (Å²) in [6, 6.07) is 12.7. The Labute approximate surface area is 215 Å². The van der Waals surface area contributed by atoms with E-state index in [9.17, 15) is 19.2 Å². The summed E-state index contributed by atoms with van der Waals surface area (Å²) in [4.78, 5) is 29.7. The van der Waals surface area contributed by atoms with Gasteiger partial charge in [-0.1, -0.05) is 18.2 Å². The van der Waals surface area contributed by atoms with E-state index in [0.29, 0.717) is 67.9 Å². The van der Waals surface area contributed by atoms with E-state index in [2.05, 4.69) is 16.3 Å². The largest absolute Gasteiger partial charge is 0.493 e. The zero-order chi connectivity index (χ0) is 26.0. The highest BCUT2D eigenvalue weighted by molar-refractivity contribution is 6.07. The van der Waals surface area contributed by atoms with Crippen LogP contribution in [0.2, 0.25) is 0 Å². The van der Waals surface area contributed by atoms with Gasteiger partial charge in [-0.15, -0.1) is 0 Å². The van der Waals surface area contributed by atoms with Crippen LogP contribution in [0.1, 0.15) is 48.8 Å². The summed E-state index contributed by atoms with van der Waals surface area (Å²) >= 11 is 0. The lowest BCUT2D eigenvalue weighted by molar-refractivity contribution is -0.131. The summed E-state index contributed by atoms with van der Waals surface area (Å²) in [6.45, 7) is 2.33. The normalized spacial score (nSPS) is 23.5. The molecule has 3 heterocycles. The number of urea groups is 1. The molecule has 0 aromatic heterocycles. The number of carbonyl (C=O) groups is 2. The van der Waals surface area contributed by atoms with Crippen molar-refractivity contribution in [2.24, 2.45) is 0 Å². The molecule has 9 heteroatoms. The third kappa shape index (κ3) is 4.90. The Hall–Kier alpha value is -3.51. The summed E-state index contributed by atoms with van der Waals surface area (Å²) in [6.07, 6.45) is 2.32. The van der Waals surface area contributed by atoms with Crippen molar-refractivity contribution in [2.75, 3.05) is 32.8 Å². The van der Waals surface area contributed by atoms with Crippen molar-refractivity contribution >= 4 is 11.9 Å². The van der Waals surface area contributed by atoms with E-state index in [-0.39, 0.29) is 31.7 Å². The highest BCUT2D eigenvalue weighted by atomic mass is 19.1. The molecule has 0 saturated carbocycles.